The second-order valence-corrected chi connectivity index (χ2v) is 6.75. The maximum atomic E-state index is 11.9. The van der Waals surface area contributed by atoms with Crippen LogP contribution in [0.4, 0.5) is 5.13 Å². The number of hydrogen-bond donors (Lipinski definition) is 2. The maximum absolute atomic E-state index is 11.9. The molecule has 5 nitrogen and oxygen atoms in total. The summed E-state index contributed by atoms with van der Waals surface area (Å²) in [4.78, 5) is 11.9. The summed E-state index contributed by atoms with van der Waals surface area (Å²) in [5, 5.41) is 11.0. The van der Waals surface area contributed by atoms with Gasteiger partial charge in [-0.2, -0.15) is 0 Å². The minimum absolute atomic E-state index is 0.0793. The largest absolute Gasteiger partial charge is 0.374 e. The second kappa shape index (κ2) is 5.68. The first-order chi connectivity index (χ1) is 8.15. The van der Waals surface area contributed by atoms with Gasteiger partial charge >= 0.3 is 0 Å². The predicted molar refractivity (Wildman–Crippen MR) is 70.0 cm³/mol. The lowest BCUT2D eigenvalue weighted by Gasteiger charge is -2.15. The van der Waals surface area contributed by atoms with Gasteiger partial charge in [-0.05, 0) is 19.8 Å². The van der Waals surface area contributed by atoms with E-state index in [2.05, 4.69) is 15.5 Å². The van der Waals surface area contributed by atoms with E-state index < -0.39 is 0 Å². The van der Waals surface area contributed by atoms with Gasteiger partial charge in [0.25, 0.3) is 0 Å². The molecule has 17 heavy (non-hydrogen) atoms. The van der Waals surface area contributed by atoms with Gasteiger partial charge < -0.3 is 11.1 Å². The van der Waals surface area contributed by atoms with Crippen LogP contribution < -0.4 is 11.1 Å². The molecule has 94 valence electrons. The molecule has 7 heteroatoms. The zero-order valence-corrected chi connectivity index (χ0v) is 11.3. The molecule has 1 fully saturated rings. The number of hydrogen-bond acceptors (Lipinski definition) is 6. The molecule has 1 aliphatic rings. The molecule has 1 amide bonds. The van der Waals surface area contributed by atoms with E-state index in [-0.39, 0.29) is 11.2 Å². The molecule has 1 aromatic heterocycles. The molecule has 0 spiro atoms. The van der Waals surface area contributed by atoms with Crippen LogP contribution in [0, 0.1) is 0 Å². The molecular formula is C10H16N4OS2. The third kappa shape index (κ3) is 3.57. The first-order valence-electron chi connectivity index (χ1n) is 5.71. The lowest BCUT2D eigenvalue weighted by atomic mass is 10.2. The number of nitrogen functional groups attached to an aromatic ring is 1. The summed E-state index contributed by atoms with van der Waals surface area (Å²) < 4.78 is 0.747. The Morgan fingerprint density at radius 3 is 2.82 bits per heavy atom. The number of aromatic nitrogens is 2. The van der Waals surface area contributed by atoms with Gasteiger partial charge in [-0.3, -0.25) is 4.79 Å². The minimum Gasteiger partial charge on any atom is -0.374 e. The minimum atomic E-state index is -0.150. The molecule has 0 aromatic carbocycles. The molecule has 0 bridgehead atoms. The molecule has 1 aromatic rings. The number of nitrogens with two attached hydrogens (primary N) is 1. The third-order valence-corrected chi connectivity index (χ3v) is 4.71. The Bertz CT molecular complexity index is 389. The zero-order chi connectivity index (χ0) is 12.3. The van der Waals surface area contributed by atoms with E-state index >= 15 is 0 Å². The summed E-state index contributed by atoms with van der Waals surface area (Å²) >= 11 is 2.72. The monoisotopic (exact) mass is 272 g/mol. The summed E-state index contributed by atoms with van der Waals surface area (Å²) in [5.41, 5.74) is 5.49. The van der Waals surface area contributed by atoms with Crippen molar-refractivity contribution in [3.63, 3.8) is 0 Å². The molecule has 0 aliphatic heterocycles. The average Bonchev–Trinajstić information content (AvgIpc) is 2.90. The van der Waals surface area contributed by atoms with E-state index in [4.69, 9.17) is 5.73 Å². The molecule has 0 unspecified atom stereocenters. The summed E-state index contributed by atoms with van der Waals surface area (Å²) in [6.07, 6.45) is 4.66. The van der Waals surface area contributed by atoms with E-state index in [1.54, 1.807) is 0 Å². The quantitative estimate of drug-likeness (QED) is 0.815. The number of carbonyl (C=O) groups is 1. The van der Waals surface area contributed by atoms with Crippen LogP contribution in [0.2, 0.25) is 0 Å². The Morgan fingerprint density at radius 1 is 1.53 bits per heavy atom. The van der Waals surface area contributed by atoms with Crippen LogP contribution in [0.5, 0.6) is 0 Å². The van der Waals surface area contributed by atoms with Crippen LogP contribution in [0.15, 0.2) is 4.34 Å². The van der Waals surface area contributed by atoms with E-state index in [9.17, 15) is 4.79 Å². The molecule has 1 atom stereocenters. The summed E-state index contributed by atoms with van der Waals surface area (Å²) in [7, 11) is 0. The highest BCUT2D eigenvalue weighted by Gasteiger charge is 2.22. The molecule has 1 saturated carbocycles. The second-order valence-electron chi connectivity index (χ2n) is 4.16. The lowest BCUT2D eigenvalue weighted by Crippen LogP contribution is -2.37. The number of thioether (sulfide) groups is 1. The van der Waals surface area contributed by atoms with Gasteiger partial charge in [0.05, 0.1) is 5.25 Å². The zero-order valence-electron chi connectivity index (χ0n) is 9.68. The molecule has 0 radical (unpaired) electrons. The summed E-state index contributed by atoms with van der Waals surface area (Å²) in [6.45, 7) is 1.88. The predicted octanol–water partition coefficient (Wildman–Crippen LogP) is 1.66. The normalized spacial score (nSPS) is 18.2. The molecule has 1 aliphatic carbocycles. The van der Waals surface area contributed by atoms with Crippen LogP contribution >= 0.6 is 23.1 Å². The number of nitrogens with zero attached hydrogens (tertiary/aromatic N) is 2. The summed E-state index contributed by atoms with van der Waals surface area (Å²) in [5.74, 6) is 0.0793. The molecule has 2 rings (SSSR count). The lowest BCUT2D eigenvalue weighted by molar-refractivity contribution is -0.120. The van der Waals surface area contributed by atoms with Crippen molar-refractivity contribution >= 4 is 34.1 Å². The van der Waals surface area contributed by atoms with Gasteiger partial charge in [-0.15, -0.1) is 10.2 Å². The third-order valence-electron chi connectivity index (χ3n) is 2.77. The van der Waals surface area contributed by atoms with Gasteiger partial charge in [0, 0.05) is 6.04 Å². The fraction of sp³-hybridized carbons (Fsp3) is 0.700. The van der Waals surface area contributed by atoms with Crippen LogP contribution in [0.25, 0.3) is 0 Å². The van der Waals surface area contributed by atoms with Crippen LogP contribution in [0.1, 0.15) is 32.6 Å². The molecule has 0 saturated heterocycles. The highest BCUT2D eigenvalue weighted by molar-refractivity contribution is 8.02. The van der Waals surface area contributed by atoms with Gasteiger partial charge in [0.2, 0.25) is 11.0 Å². The van der Waals surface area contributed by atoms with Crippen molar-refractivity contribution in [3.05, 3.63) is 0 Å². The van der Waals surface area contributed by atoms with Crippen LogP contribution in [0.3, 0.4) is 0 Å². The van der Waals surface area contributed by atoms with E-state index in [1.165, 1.54) is 35.9 Å². The number of nitrogens with one attached hydrogen (secondary N) is 1. The molecule has 1 heterocycles. The average molecular weight is 272 g/mol. The fourth-order valence-corrected chi connectivity index (χ4v) is 3.65. The van der Waals surface area contributed by atoms with Gasteiger partial charge in [0.1, 0.15) is 0 Å². The van der Waals surface area contributed by atoms with Crippen molar-refractivity contribution in [2.24, 2.45) is 0 Å². The molecule has 3 N–H and O–H groups in total. The van der Waals surface area contributed by atoms with E-state index in [0.717, 1.165) is 17.2 Å². The number of rotatable bonds is 4. The SMILES string of the molecule is C[C@H](Sc1nnc(N)s1)C(=O)NC1CCCC1. The Morgan fingerprint density at radius 2 is 2.24 bits per heavy atom. The fourth-order valence-electron chi connectivity index (χ4n) is 1.86. The highest BCUT2D eigenvalue weighted by Crippen LogP contribution is 2.28. The van der Waals surface area contributed by atoms with Gasteiger partial charge in [-0.1, -0.05) is 35.9 Å². The van der Waals surface area contributed by atoms with E-state index in [0.29, 0.717) is 11.2 Å². The van der Waals surface area contributed by atoms with Crippen molar-refractivity contribution in [3.8, 4) is 0 Å². The first kappa shape index (κ1) is 12.6. The van der Waals surface area contributed by atoms with Crippen molar-refractivity contribution in [2.45, 2.75) is 48.2 Å². The number of anilines is 1. The van der Waals surface area contributed by atoms with Gasteiger partial charge in [-0.25, -0.2) is 0 Å². The Balaban J connectivity index is 1.82. The Hall–Kier alpha value is -0.820. The topological polar surface area (TPSA) is 80.9 Å². The standard InChI is InChI=1S/C10H16N4OS2/c1-6(16-10-14-13-9(11)17-10)8(15)12-7-4-2-3-5-7/h6-7H,2-5H2,1H3,(H2,11,13)(H,12,15)/t6-/m0/s1. The highest BCUT2D eigenvalue weighted by atomic mass is 32.2. The molecular weight excluding hydrogens is 256 g/mol. The number of amides is 1. The smallest absolute Gasteiger partial charge is 0.233 e. The van der Waals surface area contributed by atoms with E-state index in [1.807, 2.05) is 6.92 Å². The summed E-state index contributed by atoms with van der Waals surface area (Å²) in [6, 6.07) is 0.366. The van der Waals surface area contributed by atoms with Crippen molar-refractivity contribution < 1.29 is 4.79 Å². The first-order valence-corrected chi connectivity index (χ1v) is 7.41. The maximum Gasteiger partial charge on any atom is 0.233 e. The van der Waals surface area contributed by atoms with Crippen LogP contribution in [-0.4, -0.2) is 27.4 Å². The Kier molecular flexibility index (Phi) is 4.22. The van der Waals surface area contributed by atoms with Crippen LogP contribution in [-0.2, 0) is 4.79 Å². The Labute approximate surface area is 109 Å². The van der Waals surface area contributed by atoms with Crippen molar-refractivity contribution in [2.75, 3.05) is 5.73 Å². The van der Waals surface area contributed by atoms with Crippen molar-refractivity contribution in [1.82, 2.24) is 15.5 Å². The number of carbonyl (C=O) groups excluding carboxylic acids is 1. The van der Waals surface area contributed by atoms with Crippen molar-refractivity contribution in [1.29, 1.82) is 0 Å². The van der Waals surface area contributed by atoms with Gasteiger partial charge in [0.15, 0.2) is 4.34 Å².